The van der Waals surface area contributed by atoms with E-state index < -0.39 is 0 Å². The predicted octanol–water partition coefficient (Wildman–Crippen LogP) is 1.37. The lowest BCUT2D eigenvalue weighted by Gasteiger charge is -2.17. The molecule has 1 saturated heterocycles. The summed E-state index contributed by atoms with van der Waals surface area (Å²) in [7, 11) is 0. The molecular formula is C10H22N2. The molecule has 0 amide bonds. The van der Waals surface area contributed by atoms with E-state index in [4.69, 9.17) is 0 Å². The van der Waals surface area contributed by atoms with E-state index in [-0.39, 0.29) is 0 Å². The van der Waals surface area contributed by atoms with Crippen LogP contribution >= 0.6 is 0 Å². The molecular weight excluding hydrogens is 148 g/mol. The Labute approximate surface area is 76.1 Å². The Balaban J connectivity index is 2.12. The molecule has 2 nitrogen and oxygen atoms in total. The topological polar surface area (TPSA) is 24.1 Å². The Morgan fingerprint density at radius 1 is 1.33 bits per heavy atom. The molecule has 1 aliphatic rings. The van der Waals surface area contributed by atoms with E-state index in [9.17, 15) is 0 Å². The van der Waals surface area contributed by atoms with Crippen molar-refractivity contribution >= 4 is 0 Å². The summed E-state index contributed by atoms with van der Waals surface area (Å²) in [6.45, 7) is 8.10. The Hall–Kier alpha value is -0.0800. The van der Waals surface area contributed by atoms with Crippen molar-refractivity contribution in [2.45, 2.75) is 39.2 Å². The monoisotopic (exact) mass is 170 g/mol. The lowest BCUT2D eigenvalue weighted by Crippen LogP contribution is -2.32. The number of rotatable bonds is 3. The third-order valence-electron chi connectivity index (χ3n) is 2.39. The van der Waals surface area contributed by atoms with Gasteiger partial charge < -0.3 is 10.6 Å². The largest absolute Gasteiger partial charge is 0.317 e. The van der Waals surface area contributed by atoms with E-state index in [2.05, 4.69) is 24.5 Å². The highest BCUT2D eigenvalue weighted by molar-refractivity contribution is 4.72. The van der Waals surface area contributed by atoms with Crippen molar-refractivity contribution in [3.8, 4) is 0 Å². The summed E-state index contributed by atoms with van der Waals surface area (Å²) in [6, 6.07) is 0.766. The fourth-order valence-electron chi connectivity index (χ4n) is 1.63. The number of hydrogen-bond acceptors (Lipinski definition) is 2. The van der Waals surface area contributed by atoms with Crippen LogP contribution in [0.1, 0.15) is 33.1 Å². The fraction of sp³-hybridized carbons (Fsp3) is 1.00. The normalized spacial score (nSPS) is 25.8. The van der Waals surface area contributed by atoms with Gasteiger partial charge in [0.05, 0.1) is 0 Å². The van der Waals surface area contributed by atoms with Gasteiger partial charge in [-0.1, -0.05) is 13.8 Å². The smallest absolute Gasteiger partial charge is 0.00797 e. The molecule has 1 fully saturated rings. The van der Waals surface area contributed by atoms with E-state index in [0.29, 0.717) is 0 Å². The summed E-state index contributed by atoms with van der Waals surface area (Å²) < 4.78 is 0. The van der Waals surface area contributed by atoms with Gasteiger partial charge in [-0.2, -0.15) is 0 Å². The average molecular weight is 170 g/mol. The molecule has 12 heavy (non-hydrogen) atoms. The van der Waals surface area contributed by atoms with Crippen LogP contribution in [0, 0.1) is 5.92 Å². The molecule has 1 heterocycles. The SMILES string of the molecule is CC(C)CNC1CCCNCC1. The molecule has 2 N–H and O–H groups in total. The molecule has 1 aliphatic heterocycles. The van der Waals surface area contributed by atoms with Gasteiger partial charge in [-0.25, -0.2) is 0 Å². The van der Waals surface area contributed by atoms with Crippen molar-refractivity contribution in [2.75, 3.05) is 19.6 Å². The van der Waals surface area contributed by atoms with Crippen LogP contribution in [0.5, 0.6) is 0 Å². The lowest BCUT2D eigenvalue weighted by atomic mass is 10.1. The number of hydrogen-bond donors (Lipinski definition) is 2. The van der Waals surface area contributed by atoms with E-state index in [1.165, 1.54) is 38.9 Å². The molecule has 0 aromatic heterocycles. The first kappa shape index (κ1) is 10.0. The van der Waals surface area contributed by atoms with Crippen molar-refractivity contribution < 1.29 is 0 Å². The zero-order valence-corrected chi connectivity index (χ0v) is 8.40. The van der Waals surface area contributed by atoms with Crippen LogP contribution in [0.3, 0.4) is 0 Å². The summed E-state index contributed by atoms with van der Waals surface area (Å²) in [5.74, 6) is 0.779. The van der Waals surface area contributed by atoms with Gasteiger partial charge >= 0.3 is 0 Å². The maximum Gasteiger partial charge on any atom is 0.00797 e. The first-order valence-electron chi connectivity index (χ1n) is 5.23. The molecule has 0 saturated carbocycles. The maximum atomic E-state index is 3.62. The van der Waals surface area contributed by atoms with E-state index in [1.807, 2.05) is 0 Å². The summed E-state index contributed by atoms with van der Waals surface area (Å²) in [5, 5.41) is 7.05. The minimum atomic E-state index is 0.766. The average Bonchev–Trinajstić information content (AvgIpc) is 2.28. The summed E-state index contributed by atoms with van der Waals surface area (Å²) in [5.41, 5.74) is 0. The number of nitrogens with one attached hydrogen (secondary N) is 2. The second kappa shape index (κ2) is 5.55. The van der Waals surface area contributed by atoms with Crippen LogP contribution < -0.4 is 10.6 Å². The zero-order chi connectivity index (χ0) is 8.81. The lowest BCUT2D eigenvalue weighted by molar-refractivity contribution is 0.432. The highest BCUT2D eigenvalue weighted by atomic mass is 14.9. The fourth-order valence-corrected chi connectivity index (χ4v) is 1.63. The van der Waals surface area contributed by atoms with Crippen LogP contribution in [0.15, 0.2) is 0 Å². The molecule has 0 aromatic carbocycles. The van der Waals surface area contributed by atoms with E-state index in [0.717, 1.165) is 12.0 Å². The Morgan fingerprint density at radius 3 is 2.92 bits per heavy atom. The molecule has 1 unspecified atom stereocenters. The molecule has 1 rings (SSSR count). The third-order valence-corrected chi connectivity index (χ3v) is 2.39. The van der Waals surface area contributed by atoms with Gasteiger partial charge in [0.2, 0.25) is 0 Å². The van der Waals surface area contributed by atoms with Crippen molar-refractivity contribution in [2.24, 2.45) is 5.92 Å². The molecule has 1 atom stereocenters. The highest BCUT2D eigenvalue weighted by Crippen LogP contribution is 2.05. The van der Waals surface area contributed by atoms with Crippen molar-refractivity contribution in [1.29, 1.82) is 0 Å². The summed E-state index contributed by atoms with van der Waals surface area (Å²) >= 11 is 0. The van der Waals surface area contributed by atoms with Crippen molar-refractivity contribution in [1.82, 2.24) is 10.6 Å². The highest BCUT2D eigenvalue weighted by Gasteiger charge is 2.10. The minimum absolute atomic E-state index is 0.766. The molecule has 2 heteroatoms. The van der Waals surface area contributed by atoms with Crippen LogP contribution in [0.4, 0.5) is 0 Å². The first-order chi connectivity index (χ1) is 5.79. The van der Waals surface area contributed by atoms with Gasteiger partial charge in [-0.05, 0) is 44.8 Å². The third kappa shape index (κ3) is 4.07. The van der Waals surface area contributed by atoms with Crippen LogP contribution in [-0.2, 0) is 0 Å². The Bertz CT molecular complexity index is 104. The molecule has 0 bridgehead atoms. The standard InChI is InChI=1S/C10H22N2/c1-9(2)8-12-10-4-3-6-11-7-5-10/h9-12H,3-8H2,1-2H3. The molecule has 0 radical (unpaired) electrons. The zero-order valence-electron chi connectivity index (χ0n) is 8.40. The first-order valence-corrected chi connectivity index (χ1v) is 5.23. The van der Waals surface area contributed by atoms with Gasteiger partial charge in [-0.3, -0.25) is 0 Å². The van der Waals surface area contributed by atoms with E-state index in [1.54, 1.807) is 0 Å². The Kier molecular flexibility index (Phi) is 4.62. The molecule has 72 valence electrons. The van der Waals surface area contributed by atoms with E-state index >= 15 is 0 Å². The van der Waals surface area contributed by atoms with Gasteiger partial charge in [0.25, 0.3) is 0 Å². The molecule has 0 aliphatic carbocycles. The quantitative estimate of drug-likeness (QED) is 0.668. The Morgan fingerprint density at radius 2 is 2.17 bits per heavy atom. The molecule has 0 aromatic rings. The van der Waals surface area contributed by atoms with Crippen molar-refractivity contribution in [3.63, 3.8) is 0 Å². The minimum Gasteiger partial charge on any atom is -0.317 e. The van der Waals surface area contributed by atoms with Gasteiger partial charge in [0.15, 0.2) is 0 Å². The van der Waals surface area contributed by atoms with Crippen LogP contribution in [0.25, 0.3) is 0 Å². The summed E-state index contributed by atoms with van der Waals surface area (Å²) in [4.78, 5) is 0. The van der Waals surface area contributed by atoms with Gasteiger partial charge in [0, 0.05) is 6.04 Å². The second-order valence-electron chi connectivity index (χ2n) is 4.18. The van der Waals surface area contributed by atoms with Gasteiger partial charge in [-0.15, -0.1) is 0 Å². The molecule has 0 spiro atoms. The predicted molar refractivity (Wildman–Crippen MR) is 53.3 cm³/mol. The van der Waals surface area contributed by atoms with Crippen LogP contribution in [-0.4, -0.2) is 25.7 Å². The van der Waals surface area contributed by atoms with Crippen molar-refractivity contribution in [3.05, 3.63) is 0 Å². The maximum absolute atomic E-state index is 3.62. The second-order valence-corrected chi connectivity index (χ2v) is 4.18. The van der Waals surface area contributed by atoms with Gasteiger partial charge in [0.1, 0.15) is 0 Å². The van der Waals surface area contributed by atoms with Crippen LogP contribution in [0.2, 0.25) is 0 Å². The summed E-state index contributed by atoms with van der Waals surface area (Å²) in [6.07, 6.45) is 3.97.